The van der Waals surface area contributed by atoms with Crippen LogP contribution in [0.1, 0.15) is 30.4 Å². The highest BCUT2D eigenvalue weighted by molar-refractivity contribution is 5.72. The number of aliphatic carboxylic acids is 1. The maximum atomic E-state index is 11.1. The number of unbranched alkanes of at least 4 members (excludes halogenated alkanes) is 2. The SMILES string of the molecule is O=C(O)C1CN(Cc2ccc(OCCCCCc3ccccc3)c(-c3ccncc3)c2)C1. The van der Waals surface area contributed by atoms with Gasteiger partial charge in [0.05, 0.1) is 12.5 Å². The van der Waals surface area contributed by atoms with Gasteiger partial charge in [-0.3, -0.25) is 14.7 Å². The fourth-order valence-corrected chi connectivity index (χ4v) is 4.11. The zero-order valence-electron chi connectivity index (χ0n) is 18.3. The van der Waals surface area contributed by atoms with Crippen molar-refractivity contribution in [2.24, 2.45) is 5.92 Å². The second-order valence-electron chi connectivity index (χ2n) is 8.44. The molecule has 1 aliphatic rings. The Balaban J connectivity index is 1.33. The van der Waals surface area contributed by atoms with Gasteiger partial charge in [-0.25, -0.2) is 0 Å². The number of likely N-dealkylation sites (tertiary alicyclic amines) is 1. The highest BCUT2D eigenvalue weighted by Crippen LogP contribution is 2.32. The molecule has 1 saturated heterocycles. The van der Waals surface area contributed by atoms with Gasteiger partial charge in [-0.05, 0) is 66.6 Å². The van der Waals surface area contributed by atoms with Crippen LogP contribution in [0.25, 0.3) is 11.1 Å². The van der Waals surface area contributed by atoms with Crippen molar-refractivity contribution in [3.63, 3.8) is 0 Å². The number of aromatic nitrogens is 1. The normalized spacial score (nSPS) is 14.1. The molecule has 0 radical (unpaired) electrons. The number of pyridine rings is 1. The highest BCUT2D eigenvalue weighted by Gasteiger charge is 2.32. The number of hydrogen-bond donors (Lipinski definition) is 1. The predicted octanol–water partition coefficient (Wildman–Crippen LogP) is 5.06. The fraction of sp³-hybridized carbons (Fsp3) is 0.333. The summed E-state index contributed by atoms with van der Waals surface area (Å²) in [6, 6.07) is 20.9. The molecule has 0 unspecified atom stereocenters. The summed E-state index contributed by atoms with van der Waals surface area (Å²) in [5.74, 6) is -0.0552. The standard InChI is InChI=1S/C27H30N2O3/c30-27(31)24-19-29(20-24)18-22-10-11-26(25(17-22)23-12-14-28-15-13-23)32-16-6-2-5-9-21-7-3-1-4-8-21/h1,3-4,7-8,10-15,17,24H,2,5-6,9,16,18-20H2,(H,30,31). The van der Waals surface area contributed by atoms with Crippen LogP contribution >= 0.6 is 0 Å². The van der Waals surface area contributed by atoms with E-state index in [1.54, 1.807) is 12.4 Å². The Morgan fingerprint density at radius 3 is 2.50 bits per heavy atom. The van der Waals surface area contributed by atoms with Crippen molar-refractivity contribution in [3.8, 4) is 16.9 Å². The van der Waals surface area contributed by atoms with Crippen LogP contribution in [0.2, 0.25) is 0 Å². The van der Waals surface area contributed by atoms with Crippen LogP contribution in [0.15, 0.2) is 73.1 Å². The van der Waals surface area contributed by atoms with Gasteiger partial charge in [-0.1, -0.05) is 36.4 Å². The lowest BCUT2D eigenvalue weighted by molar-refractivity contribution is -0.147. The molecule has 0 saturated carbocycles. The topological polar surface area (TPSA) is 62.7 Å². The lowest BCUT2D eigenvalue weighted by atomic mass is 9.98. The fourth-order valence-electron chi connectivity index (χ4n) is 4.11. The van der Waals surface area contributed by atoms with Gasteiger partial charge < -0.3 is 9.84 Å². The molecule has 1 fully saturated rings. The largest absolute Gasteiger partial charge is 0.493 e. The summed E-state index contributed by atoms with van der Waals surface area (Å²) in [4.78, 5) is 17.4. The second-order valence-corrected chi connectivity index (χ2v) is 8.44. The lowest BCUT2D eigenvalue weighted by Crippen LogP contribution is -2.49. The summed E-state index contributed by atoms with van der Waals surface area (Å²) in [7, 11) is 0. The smallest absolute Gasteiger partial charge is 0.309 e. The van der Waals surface area contributed by atoms with Crippen LogP contribution in [0.5, 0.6) is 5.75 Å². The average molecular weight is 431 g/mol. The first-order valence-corrected chi connectivity index (χ1v) is 11.3. The van der Waals surface area contributed by atoms with E-state index in [0.29, 0.717) is 19.7 Å². The van der Waals surface area contributed by atoms with Crippen molar-refractivity contribution in [2.75, 3.05) is 19.7 Å². The summed E-state index contributed by atoms with van der Waals surface area (Å²) in [6.07, 6.45) is 8.02. The maximum absolute atomic E-state index is 11.1. The number of carboxylic acid groups (broad SMARTS) is 1. The van der Waals surface area contributed by atoms with Gasteiger partial charge in [0.1, 0.15) is 5.75 Å². The molecule has 0 spiro atoms. The van der Waals surface area contributed by atoms with E-state index in [-0.39, 0.29) is 5.92 Å². The highest BCUT2D eigenvalue weighted by atomic mass is 16.5. The summed E-state index contributed by atoms with van der Waals surface area (Å²) in [6.45, 7) is 2.67. The van der Waals surface area contributed by atoms with Crippen molar-refractivity contribution >= 4 is 5.97 Å². The van der Waals surface area contributed by atoms with Crippen molar-refractivity contribution < 1.29 is 14.6 Å². The van der Waals surface area contributed by atoms with E-state index in [1.165, 1.54) is 5.56 Å². The molecule has 2 aromatic carbocycles. The van der Waals surface area contributed by atoms with Crippen molar-refractivity contribution in [2.45, 2.75) is 32.2 Å². The van der Waals surface area contributed by atoms with Crippen LogP contribution in [-0.2, 0) is 17.8 Å². The minimum absolute atomic E-state index is 0.237. The molecule has 2 heterocycles. The van der Waals surface area contributed by atoms with Gasteiger partial charge in [-0.15, -0.1) is 0 Å². The quantitative estimate of drug-likeness (QED) is 0.431. The van der Waals surface area contributed by atoms with E-state index in [9.17, 15) is 4.79 Å². The molecule has 0 amide bonds. The summed E-state index contributed by atoms with van der Waals surface area (Å²) >= 11 is 0. The number of nitrogens with zero attached hydrogens (tertiary/aromatic N) is 2. The minimum Gasteiger partial charge on any atom is -0.493 e. The van der Waals surface area contributed by atoms with Crippen molar-refractivity contribution in [3.05, 3.63) is 84.2 Å². The number of benzene rings is 2. The van der Waals surface area contributed by atoms with E-state index in [1.807, 2.05) is 18.2 Å². The molecule has 3 aromatic rings. The number of ether oxygens (including phenoxy) is 1. The summed E-state index contributed by atoms with van der Waals surface area (Å²) in [5.41, 5.74) is 4.69. The summed E-state index contributed by atoms with van der Waals surface area (Å²) in [5, 5.41) is 9.09. The van der Waals surface area contributed by atoms with E-state index >= 15 is 0 Å². The molecule has 0 aliphatic carbocycles. The van der Waals surface area contributed by atoms with Gasteiger partial charge in [0.15, 0.2) is 0 Å². The van der Waals surface area contributed by atoms with Crippen LogP contribution < -0.4 is 4.74 Å². The molecule has 1 aromatic heterocycles. The molecule has 4 rings (SSSR count). The Bertz CT molecular complexity index is 1000. The molecule has 166 valence electrons. The molecular formula is C27H30N2O3. The maximum Gasteiger partial charge on any atom is 0.309 e. The first kappa shape index (κ1) is 22.0. The van der Waals surface area contributed by atoms with E-state index in [4.69, 9.17) is 9.84 Å². The van der Waals surface area contributed by atoms with Crippen molar-refractivity contribution in [1.29, 1.82) is 0 Å². The Kier molecular flexibility index (Phi) is 7.51. The Labute approximate surface area is 189 Å². The zero-order chi connectivity index (χ0) is 22.2. The molecule has 5 nitrogen and oxygen atoms in total. The van der Waals surface area contributed by atoms with Crippen molar-refractivity contribution in [1.82, 2.24) is 9.88 Å². The van der Waals surface area contributed by atoms with Gasteiger partial charge in [0, 0.05) is 37.6 Å². The summed E-state index contributed by atoms with van der Waals surface area (Å²) < 4.78 is 6.18. The monoisotopic (exact) mass is 430 g/mol. The number of hydrogen-bond acceptors (Lipinski definition) is 4. The molecule has 1 N–H and O–H groups in total. The van der Waals surface area contributed by atoms with E-state index in [0.717, 1.165) is 54.7 Å². The lowest BCUT2D eigenvalue weighted by Gasteiger charge is -2.36. The van der Waals surface area contributed by atoms with Crippen LogP contribution in [-0.4, -0.2) is 40.7 Å². The van der Waals surface area contributed by atoms with E-state index < -0.39 is 5.97 Å². The molecule has 0 atom stereocenters. The molecular weight excluding hydrogens is 400 g/mol. The third-order valence-corrected chi connectivity index (χ3v) is 5.96. The first-order valence-electron chi connectivity index (χ1n) is 11.3. The second kappa shape index (κ2) is 10.9. The predicted molar refractivity (Wildman–Crippen MR) is 126 cm³/mol. The number of carboxylic acids is 1. The third-order valence-electron chi connectivity index (χ3n) is 5.96. The molecule has 1 aliphatic heterocycles. The number of aryl methyl sites for hydroxylation is 1. The van der Waals surface area contributed by atoms with Gasteiger partial charge in [0.25, 0.3) is 0 Å². The Hall–Kier alpha value is -3.18. The third kappa shape index (κ3) is 5.95. The first-order chi connectivity index (χ1) is 15.7. The van der Waals surface area contributed by atoms with Gasteiger partial charge in [-0.2, -0.15) is 0 Å². The van der Waals surface area contributed by atoms with Gasteiger partial charge in [0.2, 0.25) is 0 Å². The van der Waals surface area contributed by atoms with Crippen LogP contribution in [0.4, 0.5) is 0 Å². The van der Waals surface area contributed by atoms with Crippen LogP contribution in [0, 0.1) is 5.92 Å². The van der Waals surface area contributed by atoms with Gasteiger partial charge >= 0.3 is 5.97 Å². The Morgan fingerprint density at radius 1 is 0.969 bits per heavy atom. The number of rotatable bonds is 11. The molecule has 5 heteroatoms. The van der Waals surface area contributed by atoms with Crippen LogP contribution in [0.3, 0.4) is 0 Å². The average Bonchev–Trinajstić information content (AvgIpc) is 2.80. The minimum atomic E-state index is -0.703. The number of carbonyl (C=O) groups is 1. The molecule has 32 heavy (non-hydrogen) atoms. The van der Waals surface area contributed by atoms with E-state index in [2.05, 4.69) is 52.3 Å². The Morgan fingerprint density at radius 2 is 1.75 bits per heavy atom. The zero-order valence-corrected chi connectivity index (χ0v) is 18.3. The molecule has 0 bridgehead atoms.